The van der Waals surface area contributed by atoms with Gasteiger partial charge in [-0.25, -0.2) is 14.4 Å². The first kappa shape index (κ1) is 26.4. The summed E-state index contributed by atoms with van der Waals surface area (Å²) in [5.41, 5.74) is 0.311. The summed E-state index contributed by atoms with van der Waals surface area (Å²) in [6.45, 7) is 0.650. The minimum absolute atomic E-state index is 0.0730. The van der Waals surface area contributed by atoms with Crippen LogP contribution in [0, 0.1) is 0 Å². The molecule has 2 aromatic carbocycles. The van der Waals surface area contributed by atoms with Gasteiger partial charge in [0.25, 0.3) is 0 Å². The molecule has 5 amide bonds. The van der Waals surface area contributed by atoms with Gasteiger partial charge in [0, 0.05) is 18.8 Å². The Bertz CT molecular complexity index is 1170. The van der Waals surface area contributed by atoms with Gasteiger partial charge >= 0.3 is 18.0 Å². The molecule has 2 fully saturated rings. The molecule has 11 nitrogen and oxygen atoms in total. The molecule has 37 heavy (non-hydrogen) atoms. The smallest absolute Gasteiger partial charge is 0.328 e. The van der Waals surface area contributed by atoms with Crippen molar-refractivity contribution in [2.75, 3.05) is 36.5 Å². The zero-order chi connectivity index (χ0) is 26.6. The van der Waals surface area contributed by atoms with Crippen LogP contribution in [0.25, 0.3) is 0 Å². The summed E-state index contributed by atoms with van der Waals surface area (Å²) in [5.74, 6) is -1.41. The Morgan fingerprint density at radius 1 is 1.03 bits per heavy atom. The summed E-state index contributed by atoms with van der Waals surface area (Å²) < 4.78 is 0. The van der Waals surface area contributed by atoms with E-state index < -0.39 is 29.6 Å². The molecule has 0 radical (unpaired) electrons. The lowest BCUT2D eigenvalue weighted by Crippen LogP contribution is -2.59. The van der Waals surface area contributed by atoms with E-state index in [1.165, 1.54) is 17.0 Å². The molecule has 0 saturated carbocycles. The number of carbonyl (C=O) groups is 4. The third kappa shape index (κ3) is 5.67. The Kier molecular flexibility index (Phi) is 7.94. The van der Waals surface area contributed by atoms with Crippen LogP contribution in [0.15, 0.2) is 48.5 Å². The van der Waals surface area contributed by atoms with Crippen molar-refractivity contribution in [2.24, 2.45) is 0 Å². The number of piperidine rings is 1. The van der Waals surface area contributed by atoms with Crippen molar-refractivity contribution in [3.05, 3.63) is 58.6 Å². The zero-order valence-electron chi connectivity index (χ0n) is 19.7. The van der Waals surface area contributed by atoms with Crippen LogP contribution in [0.4, 0.5) is 21.0 Å². The van der Waals surface area contributed by atoms with Crippen LogP contribution < -0.4 is 26.2 Å². The number of hydrogen-bond donors (Lipinski definition) is 5. The van der Waals surface area contributed by atoms with Crippen molar-refractivity contribution in [2.45, 2.75) is 24.4 Å². The van der Waals surface area contributed by atoms with Crippen LogP contribution >= 0.6 is 23.2 Å². The van der Waals surface area contributed by atoms with Gasteiger partial charge in [-0.2, -0.15) is 0 Å². The van der Waals surface area contributed by atoms with Crippen LogP contribution in [0.1, 0.15) is 12.8 Å². The summed E-state index contributed by atoms with van der Waals surface area (Å²) in [6.07, 6.45) is 0.839. The molecule has 0 bridgehead atoms. The number of aliphatic carboxylic acids is 1. The van der Waals surface area contributed by atoms with Crippen molar-refractivity contribution in [3.63, 3.8) is 0 Å². The monoisotopic (exact) mass is 548 g/mol. The number of halogens is 2. The Hall–Kier alpha value is -3.70. The summed E-state index contributed by atoms with van der Waals surface area (Å²) in [5, 5.41) is 20.1. The van der Waals surface area contributed by atoms with E-state index in [1.54, 1.807) is 6.07 Å². The van der Waals surface area contributed by atoms with E-state index in [2.05, 4.69) is 21.3 Å². The first-order valence-corrected chi connectivity index (χ1v) is 12.3. The molecule has 0 aliphatic carbocycles. The number of para-hydroxylation sites is 2. The number of hydrogen-bond acceptors (Lipinski definition) is 5. The second-order valence-electron chi connectivity index (χ2n) is 8.72. The molecule has 2 aliphatic rings. The lowest BCUT2D eigenvalue weighted by molar-refractivity contribution is -0.139. The number of benzene rings is 2. The maximum Gasteiger partial charge on any atom is 0.328 e. The summed E-state index contributed by atoms with van der Waals surface area (Å²) in [7, 11) is 0. The highest BCUT2D eigenvalue weighted by atomic mass is 35.5. The average molecular weight is 549 g/mol. The molecule has 2 aromatic rings. The number of nitrogens with zero attached hydrogens (tertiary/aromatic N) is 2. The number of amides is 5. The molecule has 1 atom stereocenters. The molecule has 5 N–H and O–H groups in total. The van der Waals surface area contributed by atoms with Crippen LogP contribution in [0.2, 0.25) is 10.0 Å². The average Bonchev–Trinajstić information content (AvgIpc) is 3.19. The van der Waals surface area contributed by atoms with Gasteiger partial charge in [0.05, 0.1) is 28.9 Å². The van der Waals surface area contributed by atoms with E-state index in [0.717, 1.165) is 5.69 Å². The summed E-state index contributed by atoms with van der Waals surface area (Å²) >= 11 is 12.1. The number of urea groups is 2. The third-order valence-electron chi connectivity index (χ3n) is 6.54. The summed E-state index contributed by atoms with van der Waals surface area (Å²) in [4.78, 5) is 53.1. The summed E-state index contributed by atoms with van der Waals surface area (Å²) in [6, 6.07) is 11.5. The number of nitrogens with one attached hydrogen (secondary N) is 4. The second kappa shape index (κ2) is 11.1. The zero-order valence-corrected chi connectivity index (χ0v) is 21.2. The van der Waals surface area contributed by atoms with Gasteiger partial charge in [-0.3, -0.25) is 4.79 Å². The van der Waals surface area contributed by atoms with Crippen molar-refractivity contribution in [1.82, 2.24) is 20.9 Å². The van der Waals surface area contributed by atoms with E-state index in [4.69, 9.17) is 23.2 Å². The van der Waals surface area contributed by atoms with Gasteiger partial charge in [0.15, 0.2) is 0 Å². The highest BCUT2D eigenvalue weighted by Gasteiger charge is 2.50. The standard InChI is InChI=1S/C24H26Cl2N6O5/c25-16-7-4-8-17(26)19(16)30-22(36)29-18(20(33)34)13-27-23(37)31-11-9-24(10-12-31)21(35)28-14-32(24)15-5-2-1-3-6-15/h1-8,18H,9-14H2,(H,27,37)(H,28,35)(H,33,34)(H2,29,30,36)/t18-/m0/s1. The van der Waals surface area contributed by atoms with E-state index >= 15 is 0 Å². The molecule has 2 aliphatic heterocycles. The van der Waals surface area contributed by atoms with Gasteiger partial charge in [0.2, 0.25) is 5.91 Å². The number of carboxylic acids is 1. The Morgan fingerprint density at radius 2 is 1.68 bits per heavy atom. The lowest BCUT2D eigenvalue weighted by Gasteiger charge is -2.43. The number of carbonyl (C=O) groups excluding carboxylic acids is 3. The first-order valence-electron chi connectivity index (χ1n) is 11.6. The largest absolute Gasteiger partial charge is 0.480 e. The van der Waals surface area contributed by atoms with Crippen LogP contribution in [-0.2, 0) is 9.59 Å². The predicted octanol–water partition coefficient (Wildman–Crippen LogP) is 2.71. The molecule has 196 valence electrons. The van der Waals surface area contributed by atoms with Gasteiger partial charge in [0.1, 0.15) is 11.6 Å². The number of likely N-dealkylation sites (tertiary alicyclic amines) is 1. The number of anilines is 2. The quantitative estimate of drug-likeness (QED) is 0.375. The van der Waals surface area contributed by atoms with Crippen molar-refractivity contribution < 1.29 is 24.3 Å². The fraction of sp³-hybridized carbons (Fsp3) is 0.333. The van der Waals surface area contributed by atoms with E-state index in [-0.39, 0.29) is 28.2 Å². The molecular weight excluding hydrogens is 523 g/mol. The Morgan fingerprint density at radius 3 is 2.30 bits per heavy atom. The molecular formula is C24H26Cl2N6O5. The van der Waals surface area contributed by atoms with Crippen LogP contribution in [0.5, 0.6) is 0 Å². The van der Waals surface area contributed by atoms with Crippen molar-refractivity contribution in [1.29, 1.82) is 0 Å². The van der Waals surface area contributed by atoms with Crippen molar-refractivity contribution >= 4 is 58.5 Å². The molecule has 4 rings (SSSR count). The molecule has 2 saturated heterocycles. The minimum Gasteiger partial charge on any atom is -0.480 e. The fourth-order valence-electron chi connectivity index (χ4n) is 4.54. The lowest BCUT2D eigenvalue weighted by atomic mass is 9.85. The van der Waals surface area contributed by atoms with Crippen LogP contribution in [-0.4, -0.2) is 71.8 Å². The van der Waals surface area contributed by atoms with Gasteiger partial charge in [-0.15, -0.1) is 0 Å². The number of rotatable bonds is 6. The fourth-order valence-corrected chi connectivity index (χ4v) is 5.03. The van der Waals surface area contributed by atoms with Gasteiger partial charge in [-0.1, -0.05) is 47.5 Å². The third-order valence-corrected chi connectivity index (χ3v) is 7.17. The minimum atomic E-state index is -1.41. The van der Waals surface area contributed by atoms with E-state index in [1.807, 2.05) is 35.2 Å². The van der Waals surface area contributed by atoms with E-state index in [9.17, 15) is 24.3 Å². The van der Waals surface area contributed by atoms with Crippen molar-refractivity contribution in [3.8, 4) is 0 Å². The molecule has 0 unspecified atom stereocenters. The van der Waals surface area contributed by atoms with E-state index in [0.29, 0.717) is 32.6 Å². The highest BCUT2D eigenvalue weighted by Crippen LogP contribution is 2.36. The maximum atomic E-state index is 12.8. The molecule has 13 heteroatoms. The van der Waals surface area contributed by atoms with Gasteiger partial charge in [-0.05, 0) is 37.1 Å². The maximum absolute atomic E-state index is 12.8. The normalized spacial score (nSPS) is 17.2. The Balaban J connectivity index is 1.32. The molecule has 1 spiro atoms. The number of carboxylic acid groups (broad SMARTS) is 1. The SMILES string of the molecule is O=C(Nc1c(Cl)cccc1Cl)N[C@@H](CNC(=O)N1CCC2(CC1)C(=O)NCN2c1ccccc1)C(=O)O. The van der Waals surface area contributed by atoms with Crippen LogP contribution in [0.3, 0.4) is 0 Å². The molecule has 2 heterocycles. The Labute approximate surface area is 223 Å². The first-order chi connectivity index (χ1) is 17.7. The topological polar surface area (TPSA) is 143 Å². The van der Waals surface area contributed by atoms with Gasteiger partial charge < -0.3 is 36.2 Å². The molecule has 0 aromatic heterocycles. The second-order valence-corrected chi connectivity index (χ2v) is 9.53. The highest BCUT2D eigenvalue weighted by molar-refractivity contribution is 6.39. The predicted molar refractivity (Wildman–Crippen MR) is 139 cm³/mol.